The number of ether oxygens (including phenoxy) is 2. The topological polar surface area (TPSA) is 54.0 Å². The van der Waals surface area contributed by atoms with Crippen molar-refractivity contribution in [2.75, 3.05) is 14.2 Å². The summed E-state index contributed by atoms with van der Waals surface area (Å²) in [6.45, 7) is 0.585. The number of hydrazine groups is 1. The third kappa shape index (κ3) is 3.36. The number of hydrogen-bond donors (Lipinski definition) is 1. The third-order valence-electron chi connectivity index (χ3n) is 5.08. The van der Waals surface area contributed by atoms with Crippen LogP contribution in [0.25, 0.3) is 0 Å². The summed E-state index contributed by atoms with van der Waals surface area (Å²) in [6, 6.07) is 15.7. The Morgan fingerprint density at radius 2 is 1.81 bits per heavy atom. The molecule has 1 fully saturated rings. The van der Waals surface area contributed by atoms with E-state index in [1.807, 2.05) is 65.9 Å². The lowest BCUT2D eigenvalue weighted by Crippen LogP contribution is -2.47. The Balaban J connectivity index is 1.49. The second-order valence-electron chi connectivity index (χ2n) is 6.70. The van der Waals surface area contributed by atoms with Crippen LogP contribution < -0.4 is 14.9 Å². The molecule has 0 aliphatic carbocycles. The molecule has 27 heavy (non-hydrogen) atoms. The van der Waals surface area contributed by atoms with E-state index < -0.39 is 0 Å². The number of fused-ring (bicyclic) bond motifs is 1. The lowest BCUT2D eigenvalue weighted by molar-refractivity contribution is -0.134. The normalized spacial score (nSPS) is 21.3. The van der Waals surface area contributed by atoms with Crippen LogP contribution in [0, 0.1) is 0 Å². The number of nitrogens with zero attached hydrogens (tertiary/aromatic N) is 2. The SMILES string of the molecule is COc1ccc(C2CC3C(=O)N(Cc4ccccc4)C=CN3N2)cc1OC. The first-order valence-corrected chi connectivity index (χ1v) is 8.99. The van der Waals surface area contributed by atoms with Gasteiger partial charge >= 0.3 is 0 Å². The van der Waals surface area contributed by atoms with Gasteiger partial charge in [-0.1, -0.05) is 36.4 Å². The van der Waals surface area contributed by atoms with Gasteiger partial charge in [-0.15, -0.1) is 0 Å². The molecular weight excluding hydrogens is 342 g/mol. The molecule has 2 aliphatic rings. The Labute approximate surface area is 158 Å². The van der Waals surface area contributed by atoms with Gasteiger partial charge in [-0.2, -0.15) is 0 Å². The molecule has 2 aromatic rings. The molecule has 0 spiro atoms. The van der Waals surface area contributed by atoms with Crippen LogP contribution in [0.4, 0.5) is 0 Å². The molecule has 0 aromatic heterocycles. The second-order valence-corrected chi connectivity index (χ2v) is 6.70. The summed E-state index contributed by atoms with van der Waals surface area (Å²) in [5, 5.41) is 1.91. The number of nitrogens with one attached hydrogen (secondary N) is 1. The minimum Gasteiger partial charge on any atom is -0.493 e. The highest BCUT2D eigenvalue weighted by atomic mass is 16.5. The van der Waals surface area contributed by atoms with Gasteiger partial charge in [0.05, 0.1) is 26.8 Å². The first-order chi connectivity index (χ1) is 13.2. The summed E-state index contributed by atoms with van der Waals surface area (Å²) >= 11 is 0. The Hall–Kier alpha value is -2.99. The van der Waals surface area contributed by atoms with Crippen LogP contribution in [0.2, 0.25) is 0 Å². The average Bonchev–Trinajstić information content (AvgIpc) is 3.15. The maximum absolute atomic E-state index is 13.0. The number of carbonyl (C=O) groups excluding carboxylic acids is 1. The zero-order valence-corrected chi connectivity index (χ0v) is 15.5. The molecule has 6 nitrogen and oxygen atoms in total. The predicted octanol–water partition coefficient (Wildman–Crippen LogP) is 2.84. The molecule has 140 valence electrons. The summed E-state index contributed by atoms with van der Waals surface area (Å²) in [7, 11) is 3.25. The predicted molar refractivity (Wildman–Crippen MR) is 102 cm³/mol. The first kappa shape index (κ1) is 17.4. The maximum Gasteiger partial charge on any atom is 0.251 e. The fraction of sp³-hybridized carbons (Fsp3) is 0.286. The zero-order valence-electron chi connectivity index (χ0n) is 15.5. The highest BCUT2D eigenvalue weighted by Gasteiger charge is 2.40. The van der Waals surface area contributed by atoms with Gasteiger partial charge in [0.2, 0.25) is 0 Å². The van der Waals surface area contributed by atoms with Crippen LogP contribution in [0.3, 0.4) is 0 Å². The van der Waals surface area contributed by atoms with Crippen LogP contribution in [0.1, 0.15) is 23.6 Å². The third-order valence-corrected chi connectivity index (χ3v) is 5.08. The first-order valence-electron chi connectivity index (χ1n) is 8.99. The Morgan fingerprint density at radius 3 is 2.56 bits per heavy atom. The molecule has 1 N–H and O–H groups in total. The van der Waals surface area contributed by atoms with Gasteiger partial charge in [-0.25, -0.2) is 5.43 Å². The van der Waals surface area contributed by atoms with Crippen LogP contribution in [0.5, 0.6) is 11.5 Å². The van der Waals surface area contributed by atoms with E-state index in [-0.39, 0.29) is 18.0 Å². The highest BCUT2D eigenvalue weighted by molar-refractivity contribution is 5.84. The van der Waals surface area contributed by atoms with Gasteiger partial charge < -0.3 is 19.4 Å². The molecule has 2 aromatic carbocycles. The lowest BCUT2D eigenvalue weighted by atomic mass is 10.00. The highest BCUT2D eigenvalue weighted by Crippen LogP contribution is 2.35. The van der Waals surface area contributed by atoms with Crippen LogP contribution in [-0.4, -0.2) is 36.1 Å². The molecule has 0 radical (unpaired) electrons. The Kier molecular flexibility index (Phi) is 4.73. The molecule has 2 aliphatic heterocycles. The summed E-state index contributed by atoms with van der Waals surface area (Å²) in [5.74, 6) is 1.49. The molecule has 2 heterocycles. The molecular formula is C21H23N3O3. The lowest BCUT2D eigenvalue weighted by Gasteiger charge is -2.31. The fourth-order valence-corrected chi connectivity index (χ4v) is 3.63. The maximum atomic E-state index is 13.0. The van der Waals surface area contributed by atoms with Crippen molar-refractivity contribution in [2.24, 2.45) is 0 Å². The molecule has 6 heteroatoms. The van der Waals surface area contributed by atoms with Gasteiger partial charge in [-0.3, -0.25) is 4.79 Å². The van der Waals surface area contributed by atoms with Crippen molar-refractivity contribution in [3.63, 3.8) is 0 Å². The van der Waals surface area contributed by atoms with Crippen LogP contribution >= 0.6 is 0 Å². The van der Waals surface area contributed by atoms with Gasteiger partial charge in [0.15, 0.2) is 11.5 Å². The largest absolute Gasteiger partial charge is 0.493 e. The Bertz CT molecular complexity index is 853. The average molecular weight is 365 g/mol. The monoisotopic (exact) mass is 365 g/mol. The van der Waals surface area contributed by atoms with Crippen molar-refractivity contribution in [3.05, 3.63) is 72.1 Å². The fourth-order valence-electron chi connectivity index (χ4n) is 3.63. The molecule has 2 unspecified atom stereocenters. The van der Waals surface area contributed by atoms with Crippen molar-refractivity contribution >= 4 is 5.91 Å². The molecule has 4 rings (SSSR count). The summed E-state index contributed by atoms with van der Waals surface area (Å²) < 4.78 is 10.7. The van der Waals surface area contributed by atoms with Gasteiger partial charge in [-0.05, 0) is 29.7 Å². The smallest absolute Gasteiger partial charge is 0.251 e. The van der Waals surface area contributed by atoms with Crippen molar-refractivity contribution < 1.29 is 14.3 Å². The van der Waals surface area contributed by atoms with Gasteiger partial charge in [0.1, 0.15) is 6.04 Å². The summed E-state index contributed by atoms with van der Waals surface area (Å²) in [6.07, 6.45) is 4.48. The number of hydrogen-bond acceptors (Lipinski definition) is 5. The van der Waals surface area contributed by atoms with E-state index in [9.17, 15) is 4.79 Å². The Morgan fingerprint density at radius 1 is 1.04 bits per heavy atom. The van der Waals surface area contributed by atoms with E-state index in [0.717, 1.165) is 11.1 Å². The van der Waals surface area contributed by atoms with Crippen molar-refractivity contribution in [1.29, 1.82) is 0 Å². The number of carbonyl (C=O) groups is 1. The summed E-state index contributed by atoms with van der Waals surface area (Å²) in [4.78, 5) is 14.7. The molecule has 1 amide bonds. The number of amides is 1. The van der Waals surface area contributed by atoms with Crippen LogP contribution in [-0.2, 0) is 11.3 Å². The quantitative estimate of drug-likeness (QED) is 0.883. The van der Waals surface area contributed by atoms with Crippen molar-refractivity contribution in [2.45, 2.75) is 25.0 Å². The minimum absolute atomic E-state index is 0.0417. The zero-order chi connectivity index (χ0) is 18.8. The molecule has 1 saturated heterocycles. The summed E-state index contributed by atoms with van der Waals surface area (Å²) in [5.41, 5.74) is 5.60. The van der Waals surface area contributed by atoms with Crippen LogP contribution in [0.15, 0.2) is 60.9 Å². The van der Waals surface area contributed by atoms with E-state index in [1.165, 1.54) is 0 Å². The van der Waals surface area contributed by atoms with E-state index in [2.05, 4.69) is 5.43 Å². The minimum atomic E-state index is -0.211. The van der Waals surface area contributed by atoms with E-state index in [4.69, 9.17) is 9.47 Å². The second kappa shape index (κ2) is 7.32. The molecule has 2 atom stereocenters. The van der Waals surface area contributed by atoms with E-state index >= 15 is 0 Å². The molecule has 0 bridgehead atoms. The number of methoxy groups -OCH3 is 2. The van der Waals surface area contributed by atoms with E-state index in [1.54, 1.807) is 19.1 Å². The standard InChI is InChI=1S/C21H23N3O3/c1-26-19-9-8-16(12-20(19)27-2)17-13-18-21(25)23(10-11-24(18)22-17)14-15-6-4-3-5-7-15/h3-12,17-18,22H,13-14H2,1-2H3. The van der Waals surface area contributed by atoms with Crippen molar-refractivity contribution in [1.82, 2.24) is 15.3 Å². The van der Waals surface area contributed by atoms with E-state index in [0.29, 0.717) is 24.5 Å². The molecule has 0 saturated carbocycles. The number of benzene rings is 2. The van der Waals surface area contributed by atoms with Crippen molar-refractivity contribution in [3.8, 4) is 11.5 Å². The van der Waals surface area contributed by atoms with Gasteiger partial charge in [0, 0.05) is 12.4 Å². The number of rotatable bonds is 5. The van der Waals surface area contributed by atoms with Gasteiger partial charge in [0.25, 0.3) is 5.91 Å².